The molecule has 1 aliphatic carbocycles. The Bertz CT molecular complexity index is 555. The van der Waals surface area contributed by atoms with Gasteiger partial charge in [-0.05, 0) is 46.9 Å². The van der Waals surface area contributed by atoms with Gasteiger partial charge in [0.2, 0.25) is 0 Å². The number of nitrogens with two attached hydrogens (primary N) is 1. The van der Waals surface area contributed by atoms with Crippen molar-refractivity contribution < 1.29 is 0 Å². The van der Waals surface area contributed by atoms with Crippen LogP contribution in [0, 0.1) is 6.92 Å². The molecular weight excluding hydrogens is 194 g/mol. The van der Waals surface area contributed by atoms with Crippen molar-refractivity contribution in [1.29, 1.82) is 0 Å². The van der Waals surface area contributed by atoms with Crippen molar-refractivity contribution >= 4 is 11.3 Å². The van der Waals surface area contributed by atoms with E-state index in [1.54, 1.807) is 0 Å². The average Bonchev–Trinajstić information content (AvgIpc) is 2.53. The standard InChI is InChI=1S/C15H13N/c1-9-3-5-12-13-6-4-11(16)8-15(13)10(2)14(12)7-9/h3-8H,2,16H2,1H3. The normalized spacial score (nSPS) is 12.4. The van der Waals surface area contributed by atoms with E-state index in [0.717, 1.165) is 11.3 Å². The maximum atomic E-state index is 5.82. The van der Waals surface area contributed by atoms with Gasteiger partial charge in [-0.3, -0.25) is 0 Å². The fourth-order valence-electron chi connectivity index (χ4n) is 2.33. The average molecular weight is 207 g/mol. The minimum absolute atomic E-state index is 0.796. The molecule has 0 spiro atoms. The molecule has 0 atom stereocenters. The van der Waals surface area contributed by atoms with Crippen LogP contribution in [-0.4, -0.2) is 0 Å². The lowest BCUT2D eigenvalue weighted by Crippen LogP contribution is -1.86. The van der Waals surface area contributed by atoms with Crippen LogP contribution in [-0.2, 0) is 0 Å². The molecule has 0 bridgehead atoms. The Morgan fingerprint density at radius 2 is 1.50 bits per heavy atom. The fraction of sp³-hybridized carbons (Fsp3) is 0.0667. The zero-order chi connectivity index (χ0) is 11.3. The molecule has 1 aliphatic rings. The predicted molar refractivity (Wildman–Crippen MR) is 69.2 cm³/mol. The quantitative estimate of drug-likeness (QED) is 0.560. The third-order valence-corrected chi connectivity index (χ3v) is 3.16. The summed E-state index contributed by atoms with van der Waals surface area (Å²) in [5, 5.41) is 0. The van der Waals surface area contributed by atoms with Gasteiger partial charge in [-0.15, -0.1) is 0 Å². The summed E-state index contributed by atoms with van der Waals surface area (Å²) in [6.07, 6.45) is 0. The van der Waals surface area contributed by atoms with E-state index in [-0.39, 0.29) is 0 Å². The van der Waals surface area contributed by atoms with Crippen molar-refractivity contribution in [2.24, 2.45) is 0 Å². The number of rotatable bonds is 0. The molecule has 16 heavy (non-hydrogen) atoms. The Morgan fingerprint density at radius 3 is 2.25 bits per heavy atom. The Morgan fingerprint density at radius 1 is 0.875 bits per heavy atom. The highest BCUT2D eigenvalue weighted by molar-refractivity contribution is 6.01. The van der Waals surface area contributed by atoms with Crippen molar-refractivity contribution in [3.05, 3.63) is 59.7 Å². The lowest BCUT2D eigenvalue weighted by molar-refractivity contribution is 1.46. The summed E-state index contributed by atoms with van der Waals surface area (Å²) >= 11 is 0. The van der Waals surface area contributed by atoms with E-state index >= 15 is 0 Å². The van der Waals surface area contributed by atoms with Gasteiger partial charge in [0.25, 0.3) is 0 Å². The van der Waals surface area contributed by atoms with Crippen molar-refractivity contribution in [1.82, 2.24) is 0 Å². The van der Waals surface area contributed by atoms with E-state index in [1.165, 1.54) is 27.8 Å². The Kier molecular flexibility index (Phi) is 1.72. The molecule has 1 nitrogen and oxygen atoms in total. The summed E-state index contributed by atoms with van der Waals surface area (Å²) in [4.78, 5) is 0. The first kappa shape index (κ1) is 9.22. The first-order chi connectivity index (χ1) is 7.66. The van der Waals surface area contributed by atoms with Crippen molar-refractivity contribution in [2.75, 3.05) is 5.73 Å². The minimum Gasteiger partial charge on any atom is -0.399 e. The summed E-state index contributed by atoms with van der Waals surface area (Å²) in [6.45, 7) is 6.27. The molecule has 0 unspecified atom stereocenters. The zero-order valence-electron chi connectivity index (χ0n) is 9.25. The van der Waals surface area contributed by atoms with Crippen LogP contribution in [0.2, 0.25) is 0 Å². The Hall–Kier alpha value is -2.02. The van der Waals surface area contributed by atoms with Gasteiger partial charge >= 0.3 is 0 Å². The molecule has 3 rings (SSSR count). The van der Waals surface area contributed by atoms with Crippen LogP contribution in [0.1, 0.15) is 16.7 Å². The van der Waals surface area contributed by atoms with E-state index in [0.29, 0.717) is 0 Å². The van der Waals surface area contributed by atoms with Crippen molar-refractivity contribution in [2.45, 2.75) is 6.92 Å². The van der Waals surface area contributed by atoms with Gasteiger partial charge in [-0.1, -0.05) is 36.4 Å². The number of hydrogen-bond acceptors (Lipinski definition) is 1. The van der Waals surface area contributed by atoms with E-state index < -0.39 is 0 Å². The maximum Gasteiger partial charge on any atom is 0.0320 e. The number of nitrogen functional groups attached to an aromatic ring is 1. The van der Waals surface area contributed by atoms with Crippen LogP contribution in [0.5, 0.6) is 0 Å². The highest BCUT2D eigenvalue weighted by atomic mass is 14.5. The number of aryl methyl sites for hydroxylation is 1. The maximum absolute atomic E-state index is 5.82. The first-order valence-electron chi connectivity index (χ1n) is 5.37. The number of fused-ring (bicyclic) bond motifs is 3. The molecule has 0 aromatic heterocycles. The van der Waals surface area contributed by atoms with Gasteiger partial charge < -0.3 is 5.73 Å². The zero-order valence-corrected chi connectivity index (χ0v) is 9.25. The molecule has 2 aromatic carbocycles. The van der Waals surface area contributed by atoms with Crippen LogP contribution in [0.3, 0.4) is 0 Å². The second-order valence-electron chi connectivity index (χ2n) is 4.33. The number of hydrogen-bond donors (Lipinski definition) is 1. The Labute approximate surface area is 95.2 Å². The summed E-state index contributed by atoms with van der Waals surface area (Å²) < 4.78 is 0. The van der Waals surface area contributed by atoms with Gasteiger partial charge in [0.05, 0.1) is 0 Å². The SMILES string of the molecule is C=C1c2cc(C)ccc2-c2ccc(N)cc21. The molecule has 0 amide bonds. The largest absolute Gasteiger partial charge is 0.399 e. The fourth-order valence-corrected chi connectivity index (χ4v) is 2.33. The molecule has 78 valence electrons. The molecule has 2 aromatic rings. The van der Waals surface area contributed by atoms with Crippen molar-refractivity contribution in [3.63, 3.8) is 0 Å². The summed E-state index contributed by atoms with van der Waals surface area (Å²) in [6, 6.07) is 12.5. The number of anilines is 1. The third kappa shape index (κ3) is 1.12. The van der Waals surface area contributed by atoms with Gasteiger partial charge in [0.15, 0.2) is 0 Å². The molecular formula is C15H13N. The smallest absolute Gasteiger partial charge is 0.0320 e. The molecule has 2 N–H and O–H groups in total. The Balaban J connectivity index is 2.34. The van der Waals surface area contributed by atoms with E-state index in [9.17, 15) is 0 Å². The van der Waals surface area contributed by atoms with Crippen molar-refractivity contribution in [3.8, 4) is 11.1 Å². The second kappa shape index (κ2) is 2.99. The monoisotopic (exact) mass is 207 g/mol. The minimum atomic E-state index is 0.796. The van der Waals surface area contributed by atoms with Crippen LogP contribution in [0.4, 0.5) is 5.69 Å². The molecule has 0 aliphatic heterocycles. The predicted octanol–water partition coefficient (Wildman–Crippen LogP) is 3.62. The summed E-state index contributed by atoms with van der Waals surface area (Å²) in [5.74, 6) is 0. The van der Waals surface area contributed by atoms with Crippen LogP contribution < -0.4 is 5.73 Å². The third-order valence-electron chi connectivity index (χ3n) is 3.16. The van der Waals surface area contributed by atoms with Gasteiger partial charge in [-0.25, -0.2) is 0 Å². The van der Waals surface area contributed by atoms with Gasteiger partial charge in [0, 0.05) is 5.69 Å². The molecule has 0 fully saturated rings. The molecule has 0 saturated carbocycles. The van der Waals surface area contributed by atoms with Gasteiger partial charge in [0.1, 0.15) is 0 Å². The summed E-state index contributed by atoms with van der Waals surface area (Å²) in [5.41, 5.74) is 13.9. The topological polar surface area (TPSA) is 26.0 Å². The first-order valence-corrected chi connectivity index (χ1v) is 5.37. The van der Waals surface area contributed by atoms with Crippen LogP contribution in [0.25, 0.3) is 16.7 Å². The highest BCUT2D eigenvalue weighted by Crippen LogP contribution is 2.44. The van der Waals surface area contributed by atoms with E-state index in [2.05, 4.69) is 37.8 Å². The van der Waals surface area contributed by atoms with E-state index in [4.69, 9.17) is 5.73 Å². The second-order valence-corrected chi connectivity index (χ2v) is 4.33. The molecule has 0 heterocycles. The number of benzene rings is 2. The lowest BCUT2D eigenvalue weighted by atomic mass is 10.0. The molecule has 1 heteroatoms. The van der Waals surface area contributed by atoms with Gasteiger partial charge in [-0.2, -0.15) is 0 Å². The van der Waals surface area contributed by atoms with E-state index in [1.807, 2.05) is 12.1 Å². The highest BCUT2D eigenvalue weighted by Gasteiger charge is 2.21. The van der Waals surface area contributed by atoms with Crippen LogP contribution in [0.15, 0.2) is 43.0 Å². The molecule has 0 radical (unpaired) electrons. The summed E-state index contributed by atoms with van der Waals surface area (Å²) in [7, 11) is 0. The van der Waals surface area contributed by atoms with Crippen LogP contribution >= 0.6 is 0 Å². The lowest BCUT2D eigenvalue weighted by Gasteiger charge is -2.01. The molecule has 0 saturated heterocycles.